The fourth-order valence-electron chi connectivity index (χ4n) is 4.47. The van der Waals surface area contributed by atoms with E-state index in [4.69, 9.17) is 9.47 Å². The van der Waals surface area contributed by atoms with Gasteiger partial charge >= 0.3 is 0 Å². The van der Waals surface area contributed by atoms with Crippen LogP contribution in [0.15, 0.2) is 48.5 Å². The van der Waals surface area contributed by atoms with Crippen LogP contribution in [0.25, 0.3) is 0 Å². The summed E-state index contributed by atoms with van der Waals surface area (Å²) in [5.74, 6) is 1.58. The lowest BCUT2D eigenvalue weighted by atomic mass is 9.84. The minimum atomic E-state index is 0.267. The second-order valence-corrected chi connectivity index (χ2v) is 7.53. The van der Waals surface area contributed by atoms with Crippen LogP contribution in [0.3, 0.4) is 0 Å². The van der Waals surface area contributed by atoms with Gasteiger partial charge in [-0.2, -0.15) is 0 Å². The molecular formula is C23H29NO2. The summed E-state index contributed by atoms with van der Waals surface area (Å²) in [5, 5.41) is 3.72. The highest BCUT2D eigenvalue weighted by atomic mass is 16.5. The highest BCUT2D eigenvalue weighted by Gasteiger charge is 2.26. The predicted octanol–water partition coefficient (Wildman–Crippen LogP) is 4.63. The van der Waals surface area contributed by atoms with Crippen LogP contribution in [-0.4, -0.2) is 26.3 Å². The minimum Gasteiger partial charge on any atom is -0.497 e. The Morgan fingerprint density at radius 3 is 2.77 bits per heavy atom. The summed E-state index contributed by atoms with van der Waals surface area (Å²) >= 11 is 0. The van der Waals surface area contributed by atoms with Crippen LogP contribution in [-0.2, 0) is 11.2 Å². The summed E-state index contributed by atoms with van der Waals surface area (Å²) in [4.78, 5) is 0. The van der Waals surface area contributed by atoms with Gasteiger partial charge in [0, 0.05) is 6.04 Å². The minimum absolute atomic E-state index is 0.267. The third-order valence-electron chi connectivity index (χ3n) is 5.95. The quantitative estimate of drug-likeness (QED) is 0.852. The second-order valence-electron chi connectivity index (χ2n) is 7.53. The Kier molecular flexibility index (Phi) is 5.57. The monoisotopic (exact) mass is 351 g/mol. The highest BCUT2D eigenvalue weighted by molar-refractivity contribution is 5.31. The number of rotatable bonds is 5. The molecule has 3 heteroatoms. The molecule has 0 saturated carbocycles. The number of fused-ring (bicyclic) bond motifs is 1. The van der Waals surface area contributed by atoms with Gasteiger partial charge in [0.05, 0.1) is 19.8 Å². The van der Waals surface area contributed by atoms with Crippen LogP contribution in [0.1, 0.15) is 54.4 Å². The van der Waals surface area contributed by atoms with Crippen LogP contribution in [0, 0.1) is 0 Å². The van der Waals surface area contributed by atoms with Crippen molar-refractivity contribution in [1.29, 1.82) is 0 Å². The Morgan fingerprint density at radius 2 is 1.92 bits per heavy atom. The summed E-state index contributed by atoms with van der Waals surface area (Å²) in [6, 6.07) is 18.0. The van der Waals surface area contributed by atoms with Crippen LogP contribution in [0.5, 0.6) is 5.75 Å². The molecule has 4 rings (SSSR count). The van der Waals surface area contributed by atoms with Crippen LogP contribution < -0.4 is 10.1 Å². The first-order valence-corrected chi connectivity index (χ1v) is 9.90. The molecule has 2 aromatic rings. The van der Waals surface area contributed by atoms with Crippen molar-refractivity contribution in [3.8, 4) is 5.75 Å². The van der Waals surface area contributed by atoms with Crippen molar-refractivity contribution in [3.63, 3.8) is 0 Å². The summed E-state index contributed by atoms with van der Waals surface area (Å²) in [7, 11) is 1.72. The zero-order valence-corrected chi connectivity index (χ0v) is 15.6. The standard InChI is InChI=1S/C23H29NO2/c1-25-21-9-6-17(7-10-21)19-12-14-24-20(16-19)8-11-23-22-5-3-2-4-18(22)13-15-26-23/h2-7,9-10,19-20,23-24H,8,11-16H2,1H3. The molecule has 3 unspecified atom stereocenters. The molecule has 3 nitrogen and oxygen atoms in total. The second kappa shape index (κ2) is 8.24. The van der Waals surface area contributed by atoms with E-state index in [2.05, 4.69) is 53.8 Å². The van der Waals surface area contributed by atoms with Gasteiger partial charge in [-0.05, 0) is 73.4 Å². The van der Waals surface area contributed by atoms with Crippen LogP contribution in [0.2, 0.25) is 0 Å². The fraction of sp³-hybridized carbons (Fsp3) is 0.478. The van der Waals surface area contributed by atoms with E-state index in [1.807, 2.05) is 0 Å². The Bertz CT molecular complexity index is 712. The first-order chi connectivity index (χ1) is 12.8. The lowest BCUT2D eigenvalue weighted by Gasteiger charge is -2.33. The molecule has 1 saturated heterocycles. The molecule has 0 aliphatic carbocycles. The maximum atomic E-state index is 6.09. The smallest absolute Gasteiger partial charge is 0.118 e. The van der Waals surface area contributed by atoms with Crippen molar-refractivity contribution < 1.29 is 9.47 Å². The predicted molar refractivity (Wildman–Crippen MR) is 105 cm³/mol. The topological polar surface area (TPSA) is 30.5 Å². The zero-order chi connectivity index (χ0) is 17.8. The van der Waals surface area contributed by atoms with Gasteiger partial charge in [-0.1, -0.05) is 36.4 Å². The molecule has 2 aliphatic rings. The van der Waals surface area contributed by atoms with Gasteiger partial charge < -0.3 is 14.8 Å². The molecule has 0 spiro atoms. The Morgan fingerprint density at radius 1 is 1.08 bits per heavy atom. The van der Waals surface area contributed by atoms with Crippen LogP contribution >= 0.6 is 0 Å². The van der Waals surface area contributed by atoms with E-state index in [-0.39, 0.29) is 6.10 Å². The average Bonchev–Trinajstić information content (AvgIpc) is 2.72. The van der Waals surface area contributed by atoms with Gasteiger partial charge in [0.25, 0.3) is 0 Å². The summed E-state index contributed by atoms with van der Waals surface area (Å²) in [6.07, 6.45) is 6.01. The first kappa shape index (κ1) is 17.6. The van der Waals surface area contributed by atoms with E-state index in [9.17, 15) is 0 Å². The van der Waals surface area contributed by atoms with E-state index in [1.54, 1.807) is 7.11 Å². The van der Waals surface area contributed by atoms with Gasteiger partial charge in [0.1, 0.15) is 5.75 Å². The lowest BCUT2D eigenvalue weighted by Crippen LogP contribution is -2.37. The van der Waals surface area contributed by atoms with Crippen molar-refractivity contribution >= 4 is 0 Å². The zero-order valence-electron chi connectivity index (χ0n) is 15.6. The number of nitrogens with one attached hydrogen (secondary N) is 1. The molecule has 138 valence electrons. The lowest BCUT2D eigenvalue weighted by molar-refractivity contribution is 0.0326. The van der Waals surface area contributed by atoms with Crippen LogP contribution in [0.4, 0.5) is 0 Å². The third kappa shape index (κ3) is 3.94. The first-order valence-electron chi connectivity index (χ1n) is 9.90. The number of hydrogen-bond donors (Lipinski definition) is 1. The molecule has 1 fully saturated rings. The van der Waals surface area contributed by atoms with Crippen molar-refractivity contribution in [2.45, 2.75) is 50.2 Å². The van der Waals surface area contributed by atoms with E-state index in [0.717, 1.165) is 31.7 Å². The fourth-order valence-corrected chi connectivity index (χ4v) is 4.47. The van der Waals surface area contributed by atoms with Gasteiger partial charge in [-0.15, -0.1) is 0 Å². The largest absolute Gasteiger partial charge is 0.497 e. The molecule has 2 aromatic carbocycles. The molecule has 0 radical (unpaired) electrons. The summed E-state index contributed by atoms with van der Waals surface area (Å²) < 4.78 is 11.4. The third-order valence-corrected chi connectivity index (χ3v) is 5.95. The Balaban J connectivity index is 1.35. The number of methoxy groups -OCH3 is 1. The molecule has 0 aromatic heterocycles. The molecule has 2 aliphatic heterocycles. The van der Waals surface area contributed by atoms with Gasteiger partial charge in [-0.25, -0.2) is 0 Å². The molecule has 2 heterocycles. The van der Waals surface area contributed by atoms with Crippen molar-refractivity contribution in [1.82, 2.24) is 5.32 Å². The van der Waals surface area contributed by atoms with E-state index in [1.165, 1.54) is 36.0 Å². The molecule has 0 bridgehead atoms. The molecule has 1 N–H and O–H groups in total. The summed E-state index contributed by atoms with van der Waals surface area (Å²) in [6.45, 7) is 1.96. The normalized spacial score (nSPS) is 25.5. The van der Waals surface area contributed by atoms with Gasteiger partial charge in [0.2, 0.25) is 0 Å². The van der Waals surface area contributed by atoms with Crippen molar-refractivity contribution in [2.75, 3.05) is 20.3 Å². The van der Waals surface area contributed by atoms with E-state index in [0.29, 0.717) is 12.0 Å². The van der Waals surface area contributed by atoms with Gasteiger partial charge in [-0.3, -0.25) is 0 Å². The van der Waals surface area contributed by atoms with Crippen molar-refractivity contribution in [3.05, 3.63) is 65.2 Å². The summed E-state index contributed by atoms with van der Waals surface area (Å²) in [5.41, 5.74) is 4.31. The molecule has 3 atom stereocenters. The average molecular weight is 351 g/mol. The molecule has 0 amide bonds. The number of piperidine rings is 1. The van der Waals surface area contributed by atoms with E-state index >= 15 is 0 Å². The Hall–Kier alpha value is -1.84. The highest BCUT2D eigenvalue weighted by Crippen LogP contribution is 2.34. The SMILES string of the molecule is COc1ccc(C2CCNC(CCC3OCCc4ccccc43)C2)cc1. The number of benzene rings is 2. The van der Waals surface area contributed by atoms with E-state index < -0.39 is 0 Å². The number of hydrogen-bond acceptors (Lipinski definition) is 3. The van der Waals surface area contributed by atoms with Crippen molar-refractivity contribution in [2.24, 2.45) is 0 Å². The maximum absolute atomic E-state index is 6.09. The molecule has 26 heavy (non-hydrogen) atoms. The number of ether oxygens (including phenoxy) is 2. The maximum Gasteiger partial charge on any atom is 0.118 e. The Labute approximate surface area is 156 Å². The molecular weight excluding hydrogens is 322 g/mol. The van der Waals surface area contributed by atoms with Gasteiger partial charge in [0.15, 0.2) is 0 Å².